The van der Waals surface area contributed by atoms with Crippen molar-refractivity contribution in [2.75, 3.05) is 5.32 Å². The van der Waals surface area contributed by atoms with Crippen LogP contribution in [0.25, 0.3) is 0 Å². The summed E-state index contributed by atoms with van der Waals surface area (Å²) < 4.78 is 1.12. The standard InChI is InChI=1S/C12H11N3O2/c1-15-11(16)8-7-10(14-15)12(17)13-9-5-3-2-4-6-9/h2-8H,1H3,(H,13,17). The van der Waals surface area contributed by atoms with Crippen LogP contribution in [-0.2, 0) is 7.05 Å². The lowest BCUT2D eigenvalue weighted by Crippen LogP contribution is -2.23. The number of nitrogens with one attached hydrogen (secondary N) is 1. The van der Waals surface area contributed by atoms with E-state index in [2.05, 4.69) is 10.4 Å². The highest BCUT2D eigenvalue weighted by Gasteiger charge is 2.08. The van der Waals surface area contributed by atoms with Crippen molar-refractivity contribution >= 4 is 11.6 Å². The second-order valence-corrected chi connectivity index (χ2v) is 3.50. The van der Waals surface area contributed by atoms with Gasteiger partial charge in [-0.2, -0.15) is 5.10 Å². The Morgan fingerprint density at radius 2 is 1.88 bits per heavy atom. The lowest BCUT2D eigenvalue weighted by Gasteiger charge is -2.04. The lowest BCUT2D eigenvalue weighted by atomic mass is 10.3. The minimum atomic E-state index is -0.341. The zero-order valence-electron chi connectivity index (χ0n) is 9.25. The summed E-state index contributed by atoms with van der Waals surface area (Å²) in [6, 6.07) is 11.8. The largest absolute Gasteiger partial charge is 0.321 e. The average molecular weight is 229 g/mol. The van der Waals surface area contributed by atoms with E-state index in [9.17, 15) is 9.59 Å². The summed E-state index contributed by atoms with van der Waals surface area (Å²) >= 11 is 0. The highest BCUT2D eigenvalue weighted by atomic mass is 16.2. The van der Waals surface area contributed by atoms with E-state index in [1.165, 1.54) is 19.2 Å². The minimum Gasteiger partial charge on any atom is -0.321 e. The van der Waals surface area contributed by atoms with Gasteiger partial charge in [0.1, 0.15) is 5.69 Å². The van der Waals surface area contributed by atoms with Crippen molar-refractivity contribution in [2.24, 2.45) is 7.05 Å². The molecule has 0 saturated carbocycles. The van der Waals surface area contributed by atoms with Gasteiger partial charge in [-0.3, -0.25) is 9.59 Å². The first-order chi connectivity index (χ1) is 8.16. The van der Waals surface area contributed by atoms with Crippen molar-refractivity contribution in [3.63, 3.8) is 0 Å². The summed E-state index contributed by atoms with van der Waals surface area (Å²) in [5.74, 6) is -0.341. The highest BCUT2D eigenvalue weighted by Crippen LogP contribution is 2.06. The summed E-state index contributed by atoms with van der Waals surface area (Å²) in [4.78, 5) is 22.9. The number of benzene rings is 1. The number of carbonyl (C=O) groups is 1. The summed E-state index contributed by atoms with van der Waals surface area (Å²) in [6.07, 6.45) is 0. The molecule has 86 valence electrons. The Hall–Kier alpha value is -2.43. The third-order valence-electron chi connectivity index (χ3n) is 2.22. The summed E-state index contributed by atoms with van der Waals surface area (Å²) in [6.45, 7) is 0. The maximum absolute atomic E-state index is 11.8. The van der Waals surface area contributed by atoms with Crippen molar-refractivity contribution in [1.82, 2.24) is 9.78 Å². The third kappa shape index (κ3) is 2.57. The van der Waals surface area contributed by atoms with Crippen molar-refractivity contribution in [2.45, 2.75) is 0 Å². The van der Waals surface area contributed by atoms with Crippen LogP contribution in [0.3, 0.4) is 0 Å². The number of rotatable bonds is 2. The number of hydrogen-bond acceptors (Lipinski definition) is 3. The Labute approximate surface area is 97.7 Å². The molecule has 5 heteroatoms. The average Bonchev–Trinajstić information content (AvgIpc) is 2.34. The Kier molecular flexibility index (Phi) is 3.00. The number of para-hydroxylation sites is 1. The molecule has 0 saturated heterocycles. The Balaban J connectivity index is 2.21. The molecule has 0 radical (unpaired) electrons. The lowest BCUT2D eigenvalue weighted by molar-refractivity contribution is 0.102. The van der Waals surface area contributed by atoms with Crippen LogP contribution in [-0.4, -0.2) is 15.7 Å². The Bertz CT molecular complexity index is 590. The van der Waals surface area contributed by atoms with E-state index >= 15 is 0 Å². The number of nitrogens with zero attached hydrogens (tertiary/aromatic N) is 2. The first-order valence-electron chi connectivity index (χ1n) is 5.07. The second kappa shape index (κ2) is 4.61. The van der Waals surface area contributed by atoms with E-state index in [1.54, 1.807) is 12.1 Å². The number of amides is 1. The van der Waals surface area contributed by atoms with Crippen LogP contribution in [0, 0.1) is 0 Å². The third-order valence-corrected chi connectivity index (χ3v) is 2.22. The topological polar surface area (TPSA) is 64.0 Å². The number of aryl methyl sites for hydroxylation is 1. The van der Waals surface area contributed by atoms with Crippen LogP contribution in [0.2, 0.25) is 0 Å². The maximum Gasteiger partial charge on any atom is 0.276 e. The van der Waals surface area contributed by atoms with E-state index in [0.717, 1.165) is 4.68 Å². The van der Waals surface area contributed by atoms with Gasteiger partial charge in [-0.25, -0.2) is 4.68 Å². The summed E-state index contributed by atoms with van der Waals surface area (Å²) in [5.41, 5.74) is 0.644. The minimum absolute atomic E-state index is 0.205. The molecule has 2 aromatic rings. The smallest absolute Gasteiger partial charge is 0.276 e. The van der Waals surface area contributed by atoms with Gasteiger partial charge in [-0.15, -0.1) is 0 Å². The van der Waals surface area contributed by atoms with Crippen LogP contribution in [0.5, 0.6) is 0 Å². The number of anilines is 1. The van der Waals surface area contributed by atoms with Gasteiger partial charge >= 0.3 is 0 Å². The normalized spacial score (nSPS) is 9.94. The van der Waals surface area contributed by atoms with E-state index in [1.807, 2.05) is 18.2 Å². The van der Waals surface area contributed by atoms with Crippen molar-refractivity contribution in [3.05, 3.63) is 58.5 Å². The molecule has 1 N–H and O–H groups in total. The molecule has 1 heterocycles. The molecular formula is C12H11N3O2. The molecule has 17 heavy (non-hydrogen) atoms. The van der Waals surface area contributed by atoms with E-state index in [0.29, 0.717) is 5.69 Å². The molecular weight excluding hydrogens is 218 g/mol. The van der Waals surface area contributed by atoms with Gasteiger partial charge in [-0.1, -0.05) is 18.2 Å². The van der Waals surface area contributed by atoms with Crippen molar-refractivity contribution in [3.8, 4) is 0 Å². The van der Waals surface area contributed by atoms with Gasteiger partial charge in [0, 0.05) is 18.8 Å². The second-order valence-electron chi connectivity index (χ2n) is 3.50. The first kappa shape index (κ1) is 11.1. The summed E-state index contributed by atoms with van der Waals surface area (Å²) in [7, 11) is 1.50. The SMILES string of the molecule is Cn1nc(C(=O)Nc2ccccc2)ccc1=O. The van der Waals surface area contributed by atoms with Gasteiger partial charge in [0.2, 0.25) is 0 Å². The van der Waals surface area contributed by atoms with Gasteiger partial charge < -0.3 is 5.32 Å². The zero-order chi connectivity index (χ0) is 12.3. The molecule has 0 aliphatic carbocycles. The van der Waals surface area contributed by atoms with Crippen molar-refractivity contribution < 1.29 is 4.79 Å². The van der Waals surface area contributed by atoms with Crippen LogP contribution in [0.15, 0.2) is 47.3 Å². The molecule has 0 bridgehead atoms. The fourth-order valence-electron chi connectivity index (χ4n) is 1.34. The monoisotopic (exact) mass is 229 g/mol. The fourth-order valence-corrected chi connectivity index (χ4v) is 1.34. The van der Waals surface area contributed by atoms with Gasteiger partial charge in [0.25, 0.3) is 11.5 Å². The fraction of sp³-hybridized carbons (Fsp3) is 0.0833. The van der Waals surface area contributed by atoms with Gasteiger partial charge in [-0.05, 0) is 18.2 Å². The molecule has 0 aliphatic heterocycles. The molecule has 0 unspecified atom stereocenters. The van der Waals surface area contributed by atoms with Crippen LogP contribution < -0.4 is 10.9 Å². The quantitative estimate of drug-likeness (QED) is 0.836. The number of aromatic nitrogens is 2. The number of hydrogen-bond donors (Lipinski definition) is 1. The van der Waals surface area contributed by atoms with E-state index in [4.69, 9.17) is 0 Å². The van der Waals surface area contributed by atoms with E-state index < -0.39 is 0 Å². The summed E-state index contributed by atoms with van der Waals surface area (Å²) in [5, 5.41) is 6.55. The highest BCUT2D eigenvalue weighted by molar-refractivity contribution is 6.02. The number of carbonyl (C=O) groups excluding carboxylic acids is 1. The van der Waals surface area contributed by atoms with Crippen LogP contribution in [0.1, 0.15) is 10.5 Å². The van der Waals surface area contributed by atoms with Crippen molar-refractivity contribution in [1.29, 1.82) is 0 Å². The zero-order valence-corrected chi connectivity index (χ0v) is 9.25. The molecule has 2 rings (SSSR count). The first-order valence-corrected chi connectivity index (χ1v) is 5.07. The Morgan fingerprint density at radius 3 is 2.53 bits per heavy atom. The molecule has 1 aromatic carbocycles. The predicted octanol–water partition coefficient (Wildman–Crippen LogP) is 1.03. The molecule has 1 aromatic heterocycles. The van der Waals surface area contributed by atoms with Gasteiger partial charge in [0.05, 0.1) is 0 Å². The van der Waals surface area contributed by atoms with E-state index in [-0.39, 0.29) is 17.2 Å². The van der Waals surface area contributed by atoms with Gasteiger partial charge in [0.15, 0.2) is 0 Å². The molecule has 0 aliphatic rings. The Morgan fingerprint density at radius 1 is 1.18 bits per heavy atom. The predicted molar refractivity (Wildman–Crippen MR) is 63.9 cm³/mol. The molecule has 0 atom stereocenters. The van der Waals surface area contributed by atoms with Crippen LogP contribution in [0.4, 0.5) is 5.69 Å². The molecule has 0 spiro atoms. The molecule has 5 nitrogen and oxygen atoms in total. The molecule has 0 fully saturated rings. The van der Waals surface area contributed by atoms with Crippen LogP contribution >= 0.6 is 0 Å². The maximum atomic E-state index is 11.8. The molecule has 1 amide bonds.